The van der Waals surface area contributed by atoms with E-state index in [1.807, 2.05) is 44.2 Å². The first-order chi connectivity index (χ1) is 12.1. The van der Waals surface area contributed by atoms with Crippen molar-refractivity contribution >= 4 is 28.3 Å². The van der Waals surface area contributed by atoms with Crippen molar-refractivity contribution in [3.05, 3.63) is 35.9 Å². The Kier molecular flexibility index (Phi) is 8.73. The quantitative estimate of drug-likeness (QED) is 0.736. The molecule has 1 heterocycles. The summed E-state index contributed by atoms with van der Waals surface area (Å²) in [6.45, 7) is 5.85. The van der Waals surface area contributed by atoms with Gasteiger partial charge in [-0.3, -0.25) is 4.79 Å². The molecule has 1 aromatic carbocycles. The van der Waals surface area contributed by atoms with Gasteiger partial charge in [-0.15, -0.1) is 12.4 Å². The Morgan fingerprint density at radius 2 is 1.93 bits per heavy atom. The fraction of sp³-hybridized carbons (Fsp3) is 0.632. The molecular formula is C19H32ClN3O3S. The lowest BCUT2D eigenvalue weighted by molar-refractivity contribution is -0.136. The molecule has 1 saturated heterocycles. The minimum atomic E-state index is -3.43. The SMILES string of the molecule is CN(CC(C)(C)CN)C(=O)C1CCCN(S(=O)(=O)Cc2ccccc2)C1.Cl. The first-order valence-corrected chi connectivity index (χ1v) is 10.7. The van der Waals surface area contributed by atoms with Crippen LogP contribution < -0.4 is 5.73 Å². The molecule has 0 saturated carbocycles. The van der Waals surface area contributed by atoms with E-state index in [1.165, 1.54) is 4.31 Å². The number of nitrogens with two attached hydrogens (primary N) is 1. The number of benzene rings is 1. The number of carbonyl (C=O) groups excluding carboxylic acids is 1. The molecule has 1 aliphatic heterocycles. The second kappa shape index (κ2) is 9.87. The predicted octanol–water partition coefficient (Wildman–Crippen LogP) is 2.09. The molecule has 1 aromatic rings. The highest BCUT2D eigenvalue weighted by Crippen LogP contribution is 2.24. The summed E-state index contributed by atoms with van der Waals surface area (Å²) >= 11 is 0. The maximum atomic E-state index is 12.8. The zero-order valence-electron chi connectivity index (χ0n) is 16.4. The third-order valence-electron chi connectivity index (χ3n) is 4.91. The molecule has 0 aliphatic carbocycles. The van der Waals surface area contributed by atoms with E-state index >= 15 is 0 Å². The lowest BCUT2D eigenvalue weighted by Crippen LogP contribution is -2.48. The van der Waals surface area contributed by atoms with Crippen LogP contribution in [0.4, 0.5) is 0 Å². The van der Waals surface area contributed by atoms with Crippen LogP contribution in [0.15, 0.2) is 30.3 Å². The average Bonchev–Trinajstić information content (AvgIpc) is 2.61. The Bertz CT molecular complexity index is 710. The van der Waals surface area contributed by atoms with Crippen LogP contribution in [0.25, 0.3) is 0 Å². The topological polar surface area (TPSA) is 83.7 Å². The molecule has 6 nitrogen and oxygen atoms in total. The number of amides is 1. The zero-order valence-corrected chi connectivity index (χ0v) is 18.1. The maximum absolute atomic E-state index is 12.8. The molecule has 1 atom stereocenters. The molecular weight excluding hydrogens is 386 g/mol. The third kappa shape index (κ3) is 6.75. The summed E-state index contributed by atoms with van der Waals surface area (Å²) in [5.41, 5.74) is 6.37. The fourth-order valence-electron chi connectivity index (χ4n) is 3.37. The van der Waals surface area contributed by atoms with E-state index in [4.69, 9.17) is 5.73 Å². The highest BCUT2D eigenvalue weighted by molar-refractivity contribution is 7.88. The molecule has 0 spiro atoms. The van der Waals surface area contributed by atoms with Gasteiger partial charge in [0.2, 0.25) is 15.9 Å². The van der Waals surface area contributed by atoms with E-state index < -0.39 is 10.0 Å². The van der Waals surface area contributed by atoms with Gasteiger partial charge in [-0.2, -0.15) is 0 Å². The predicted molar refractivity (Wildman–Crippen MR) is 111 cm³/mol. The average molecular weight is 418 g/mol. The van der Waals surface area contributed by atoms with Crippen molar-refractivity contribution < 1.29 is 13.2 Å². The summed E-state index contributed by atoms with van der Waals surface area (Å²) < 4.78 is 27.0. The summed E-state index contributed by atoms with van der Waals surface area (Å²) in [7, 11) is -1.65. The number of piperidine rings is 1. The van der Waals surface area contributed by atoms with Crippen LogP contribution in [0.3, 0.4) is 0 Å². The van der Waals surface area contributed by atoms with Crippen molar-refractivity contribution in [3.63, 3.8) is 0 Å². The van der Waals surface area contributed by atoms with Crippen molar-refractivity contribution in [2.24, 2.45) is 17.1 Å². The Balaban J connectivity index is 0.00000364. The van der Waals surface area contributed by atoms with Crippen LogP contribution in [0.5, 0.6) is 0 Å². The standard InChI is InChI=1S/C19H31N3O3S.ClH/c1-19(2,14-20)15-21(3)18(23)17-10-7-11-22(12-17)26(24,25)13-16-8-5-4-6-9-16;/h4-6,8-9,17H,7,10-15,20H2,1-3H3;1H. The van der Waals surface area contributed by atoms with Crippen LogP contribution in [-0.2, 0) is 20.6 Å². The normalized spacial score (nSPS) is 18.6. The number of nitrogens with zero attached hydrogens (tertiary/aromatic N) is 2. The third-order valence-corrected chi connectivity index (χ3v) is 6.73. The summed E-state index contributed by atoms with van der Waals surface area (Å²) in [4.78, 5) is 14.5. The second-order valence-corrected chi connectivity index (χ2v) is 9.97. The summed E-state index contributed by atoms with van der Waals surface area (Å²) in [5.74, 6) is -0.302. The number of hydrogen-bond acceptors (Lipinski definition) is 4. The highest BCUT2D eigenvalue weighted by atomic mass is 35.5. The molecule has 27 heavy (non-hydrogen) atoms. The van der Waals surface area contributed by atoms with Gasteiger partial charge < -0.3 is 10.6 Å². The fourth-order valence-corrected chi connectivity index (χ4v) is 4.98. The minimum absolute atomic E-state index is 0. The van der Waals surface area contributed by atoms with Crippen LogP contribution in [0, 0.1) is 11.3 Å². The van der Waals surface area contributed by atoms with Gasteiger partial charge in [-0.25, -0.2) is 12.7 Å². The molecule has 1 aliphatic rings. The van der Waals surface area contributed by atoms with Gasteiger partial charge >= 0.3 is 0 Å². The number of sulfonamides is 1. The molecule has 1 fully saturated rings. The van der Waals surface area contributed by atoms with Crippen LogP contribution in [0.1, 0.15) is 32.3 Å². The van der Waals surface area contributed by atoms with Crippen molar-refractivity contribution in [1.82, 2.24) is 9.21 Å². The van der Waals surface area contributed by atoms with E-state index in [1.54, 1.807) is 11.9 Å². The molecule has 8 heteroatoms. The van der Waals surface area contributed by atoms with Crippen LogP contribution in [-0.4, -0.2) is 56.8 Å². The maximum Gasteiger partial charge on any atom is 0.226 e. The molecule has 2 N–H and O–H groups in total. The second-order valence-electron chi connectivity index (χ2n) is 8.00. The lowest BCUT2D eigenvalue weighted by Gasteiger charge is -2.35. The molecule has 0 aromatic heterocycles. The first kappa shape index (κ1) is 23.9. The summed E-state index contributed by atoms with van der Waals surface area (Å²) in [6.07, 6.45) is 1.43. The highest BCUT2D eigenvalue weighted by Gasteiger charge is 2.34. The molecule has 1 amide bonds. The van der Waals surface area contributed by atoms with Crippen molar-refractivity contribution in [1.29, 1.82) is 0 Å². The molecule has 2 rings (SSSR count). The van der Waals surface area contributed by atoms with Gasteiger partial charge in [0.25, 0.3) is 0 Å². The first-order valence-electron chi connectivity index (χ1n) is 9.11. The molecule has 154 valence electrons. The molecule has 0 bridgehead atoms. The van der Waals surface area contributed by atoms with Gasteiger partial charge in [0.15, 0.2) is 0 Å². The number of halogens is 1. The van der Waals surface area contributed by atoms with Gasteiger partial charge in [0, 0.05) is 26.7 Å². The summed E-state index contributed by atoms with van der Waals surface area (Å²) in [6, 6.07) is 9.16. The van der Waals surface area contributed by atoms with Crippen molar-refractivity contribution in [2.45, 2.75) is 32.4 Å². The lowest BCUT2D eigenvalue weighted by atomic mass is 9.92. The van der Waals surface area contributed by atoms with Crippen molar-refractivity contribution in [2.75, 3.05) is 33.2 Å². The zero-order chi connectivity index (χ0) is 19.4. The van der Waals surface area contributed by atoms with Gasteiger partial charge in [-0.05, 0) is 30.4 Å². The van der Waals surface area contributed by atoms with E-state index in [0.717, 1.165) is 12.0 Å². The number of hydrogen-bond donors (Lipinski definition) is 1. The van der Waals surface area contributed by atoms with Gasteiger partial charge in [0.05, 0.1) is 11.7 Å². The smallest absolute Gasteiger partial charge is 0.226 e. The number of carbonyl (C=O) groups is 1. The van der Waals surface area contributed by atoms with Gasteiger partial charge in [0.1, 0.15) is 0 Å². The minimum Gasteiger partial charge on any atom is -0.345 e. The molecule has 1 unspecified atom stereocenters. The van der Waals surface area contributed by atoms with E-state index in [0.29, 0.717) is 26.1 Å². The Morgan fingerprint density at radius 3 is 2.52 bits per heavy atom. The monoisotopic (exact) mass is 417 g/mol. The van der Waals surface area contributed by atoms with E-state index in [2.05, 4.69) is 0 Å². The Hall–Kier alpha value is -1.15. The summed E-state index contributed by atoms with van der Waals surface area (Å²) in [5, 5.41) is 0. The van der Waals surface area contributed by atoms with E-state index in [-0.39, 0.29) is 41.9 Å². The van der Waals surface area contributed by atoms with Crippen LogP contribution in [0.2, 0.25) is 0 Å². The molecule has 0 radical (unpaired) electrons. The number of rotatable bonds is 7. The Labute approximate surface area is 169 Å². The Morgan fingerprint density at radius 1 is 1.30 bits per heavy atom. The van der Waals surface area contributed by atoms with Crippen LogP contribution >= 0.6 is 12.4 Å². The van der Waals surface area contributed by atoms with E-state index in [9.17, 15) is 13.2 Å². The van der Waals surface area contributed by atoms with Crippen molar-refractivity contribution in [3.8, 4) is 0 Å². The largest absolute Gasteiger partial charge is 0.345 e. The van der Waals surface area contributed by atoms with Gasteiger partial charge in [-0.1, -0.05) is 44.2 Å².